The normalized spacial score (nSPS) is 17.1. The molecule has 1 fully saturated rings. The molecule has 1 heterocycles. The Kier molecular flexibility index (Phi) is 4.66. The number of rotatable bonds is 4. The topological polar surface area (TPSA) is 122 Å². The molecule has 0 aliphatic carbocycles. The van der Waals surface area contributed by atoms with E-state index in [0.29, 0.717) is 4.90 Å². The van der Waals surface area contributed by atoms with Gasteiger partial charge in [0, 0.05) is 12.8 Å². The molecular weight excluding hydrogens is 272 g/mol. The van der Waals surface area contributed by atoms with Crippen LogP contribution >= 0.6 is 0 Å². The van der Waals surface area contributed by atoms with Crippen molar-refractivity contribution in [2.24, 2.45) is 0 Å². The number of hydroxylamine groups is 1. The highest BCUT2D eigenvalue weighted by molar-refractivity contribution is 6.04. The third-order valence-corrected chi connectivity index (χ3v) is 2.19. The zero-order chi connectivity index (χ0) is 15.5. The van der Waals surface area contributed by atoms with Crippen molar-refractivity contribution < 1.29 is 33.9 Å². The van der Waals surface area contributed by atoms with E-state index in [-0.39, 0.29) is 12.8 Å². The van der Waals surface area contributed by atoms with Gasteiger partial charge in [-0.1, -0.05) is 0 Å². The Morgan fingerprint density at radius 2 is 1.75 bits per heavy atom. The maximum atomic E-state index is 11.4. The Bertz CT molecular complexity index is 425. The van der Waals surface area contributed by atoms with Crippen LogP contribution in [0.1, 0.15) is 33.6 Å². The van der Waals surface area contributed by atoms with E-state index >= 15 is 0 Å². The largest absolute Gasteiger partial charge is 0.478 e. The van der Waals surface area contributed by atoms with Crippen LogP contribution in [-0.2, 0) is 24.0 Å². The molecule has 9 heteroatoms. The fourth-order valence-corrected chi connectivity index (χ4v) is 1.47. The molecule has 1 aliphatic rings. The average molecular weight is 288 g/mol. The summed E-state index contributed by atoms with van der Waals surface area (Å²) in [5.74, 6) is -2.92. The van der Waals surface area contributed by atoms with Gasteiger partial charge in [0.1, 0.15) is 5.60 Å². The molecule has 0 radical (unpaired) electrons. The Labute approximate surface area is 114 Å². The number of likely N-dealkylation sites (tertiary alicyclic amines) is 1. The molecule has 1 saturated heterocycles. The second-order valence-electron chi connectivity index (χ2n) is 5.07. The molecule has 0 spiro atoms. The van der Waals surface area contributed by atoms with Crippen molar-refractivity contribution in [1.82, 2.24) is 10.4 Å². The summed E-state index contributed by atoms with van der Waals surface area (Å²) in [6.45, 7) is 4.82. The van der Waals surface area contributed by atoms with Crippen LogP contribution in [-0.4, -0.2) is 45.7 Å². The molecule has 1 atom stereocenters. The number of aliphatic carboxylic acids is 1. The van der Waals surface area contributed by atoms with Gasteiger partial charge in [-0.05, 0) is 20.8 Å². The van der Waals surface area contributed by atoms with Crippen molar-refractivity contribution in [3.05, 3.63) is 0 Å². The number of amides is 3. The van der Waals surface area contributed by atoms with Gasteiger partial charge in [0.25, 0.3) is 6.23 Å². The molecule has 9 nitrogen and oxygen atoms in total. The van der Waals surface area contributed by atoms with Gasteiger partial charge in [0.15, 0.2) is 0 Å². The van der Waals surface area contributed by atoms with E-state index in [2.05, 4.69) is 4.84 Å². The average Bonchev–Trinajstić information content (AvgIpc) is 2.58. The SMILES string of the molecule is CC(C)(C)OC(=O)NOC(C(=O)O)N1C(=O)CCC1=O. The summed E-state index contributed by atoms with van der Waals surface area (Å²) in [6, 6.07) is 0. The zero-order valence-corrected chi connectivity index (χ0v) is 11.3. The third-order valence-electron chi connectivity index (χ3n) is 2.19. The molecule has 1 rings (SSSR count). The quantitative estimate of drug-likeness (QED) is 0.551. The molecule has 1 unspecified atom stereocenters. The predicted molar refractivity (Wildman–Crippen MR) is 63.0 cm³/mol. The van der Waals surface area contributed by atoms with Gasteiger partial charge in [-0.3, -0.25) is 9.59 Å². The fourth-order valence-electron chi connectivity index (χ4n) is 1.47. The predicted octanol–water partition coefficient (Wildman–Crippen LogP) is 0.00240. The van der Waals surface area contributed by atoms with Gasteiger partial charge in [0.05, 0.1) is 0 Å². The summed E-state index contributed by atoms with van der Waals surface area (Å²) in [5, 5.41) is 8.95. The summed E-state index contributed by atoms with van der Waals surface area (Å²) in [5.41, 5.74) is 0.950. The van der Waals surface area contributed by atoms with E-state index in [4.69, 9.17) is 9.84 Å². The van der Waals surface area contributed by atoms with Crippen LogP contribution in [0.3, 0.4) is 0 Å². The number of carbonyl (C=O) groups is 4. The zero-order valence-electron chi connectivity index (χ0n) is 11.3. The lowest BCUT2D eigenvalue weighted by Gasteiger charge is -2.23. The molecule has 0 saturated carbocycles. The van der Waals surface area contributed by atoms with Crippen molar-refractivity contribution >= 4 is 23.9 Å². The number of carboxylic acids is 1. The van der Waals surface area contributed by atoms with E-state index in [0.717, 1.165) is 0 Å². The summed E-state index contributed by atoms with van der Waals surface area (Å²) in [7, 11) is 0. The molecule has 0 aromatic carbocycles. The van der Waals surface area contributed by atoms with Gasteiger partial charge in [-0.15, -0.1) is 0 Å². The number of nitrogens with zero attached hydrogens (tertiary/aromatic N) is 1. The second-order valence-corrected chi connectivity index (χ2v) is 5.07. The van der Waals surface area contributed by atoms with E-state index in [1.165, 1.54) is 0 Å². The highest BCUT2D eigenvalue weighted by Gasteiger charge is 2.40. The van der Waals surface area contributed by atoms with Gasteiger partial charge >= 0.3 is 12.1 Å². The fraction of sp³-hybridized carbons (Fsp3) is 0.636. The van der Waals surface area contributed by atoms with Crippen molar-refractivity contribution in [1.29, 1.82) is 0 Å². The van der Waals surface area contributed by atoms with Crippen LogP contribution in [0.2, 0.25) is 0 Å². The number of ether oxygens (including phenoxy) is 1. The number of carbonyl (C=O) groups excluding carboxylic acids is 3. The van der Waals surface area contributed by atoms with Crippen LogP contribution < -0.4 is 5.48 Å². The molecule has 2 N–H and O–H groups in total. The summed E-state index contributed by atoms with van der Waals surface area (Å²) < 4.78 is 4.83. The standard InChI is InChI=1S/C11H16N2O7/c1-11(2,3)19-10(18)12-20-8(9(16)17)13-6(14)4-5-7(13)15/h8H,4-5H2,1-3H3,(H,12,18)(H,16,17). The highest BCUT2D eigenvalue weighted by Crippen LogP contribution is 2.16. The number of hydrogen-bond donors (Lipinski definition) is 2. The van der Waals surface area contributed by atoms with E-state index in [1.807, 2.05) is 0 Å². The third kappa shape index (κ3) is 4.19. The maximum Gasteiger partial charge on any atom is 0.431 e. The molecule has 112 valence electrons. The minimum absolute atomic E-state index is 0.0849. The monoisotopic (exact) mass is 288 g/mol. The Morgan fingerprint density at radius 1 is 1.25 bits per heavy atom. The molecule has 0 aromatic heterocycles. The van der Waals surface area contributed by atoms with Crippen LogP contribution in [0.15, 0.2) is 0 Å². The van der Waals surface area contributed by atoms with E-state index in [9.17, 15) is 19.2 Å². The van der Waals surface area contributed by atoms with Gasteiger partial charge < -0.3 is 9.84 Å². The van der Waals surface area contributed by atoms with Crippen molar-refractivity contribution in [2.75, 3.05) is 0 Å². The molecule has 3 amide bonds. The van der Waals surface area contributed by atoms with Crippen molar-refractivity contribution in [3.8, 4) is 0 Å². The minimum Gasteiger partial charge on any atom is -0.478 e. The van der Waals surface area contributed by atoms with Crippen LogP contribution in [0.25, 0.3) is 0 Å². The van der Waals surface area contributed by atoms with Crippen LogP contribution in [0.5, 0.6) is 0 Å². The first-order valence-corrected chi connectivity index (χ1v) is 5.84. The second kappa shape index (κ2) is 5.87. The van der Waals surface area contributed by atoms with Crippen LogP contribution in [0, 0.1) is 0 Å². The summed E-state index contributed by atoms with van der Waals surface area (Å²) >= 11 is 0. The lowest BCUT2D eigenvalue weighted by Crippen LogP contribution is -2.49. The van der Waals surface area contributed by atoms with Gasteiger partial charge in [0.2, 0.25) is 11.8 Å². The first-order valence-electron chi connectivity index (χ1n) is 5.84. The highest BCUT2D eigenvalue weighted by atomic mass is 16.7. The first kappa shape index (κ1) is 15.9. The minimum atomic E-state index is -1.91. The molecule has 0 bridgehead atoms. The summed E-state index contributed by atoms with van der Waals surface area (Å²) in [6.07, 6.45) is -3.11. The molecular formula is C11H16N2O7. The van der Waals surface area contributed by atoms with Crippen molar-refractivity contribution in [3.63, 3.8) is 0 Å². The van der Waals surface area contributed by atoms with Gasteiger partial charge in [-0.25, -0.2) is 19.3 Å². The number of nitrogens with one attached hydrogen (secondary N) is 1. The lowest BCUT2D eigenvalue weighted by atomic mass is 10.2. The number of imide groups is 1. The number of hydrogen-bond acceptors (Lipinski definition) is 6. The van der Waals surface area contributed by atoms with Crippen LogP contribution in [0.4, 0.5) is 4.79 Å². The van der Waals surface area contributed by atoms with Crippen molar-refractivity contribution in [2.45, 2.75) is 45.4 Å². The number of carboxylic acid groups (broad SMARTS) is 1. The Balaban J connectivity index is 2.65. The van der Waals surface area contributed by atoms with E-state index in [1.54, 1.807) is 26.3 Å². The van der Waals surface area contributed by atoms with Gasteiger partial charge in [-0.2, -0.15) is 5.48 Å². The van der Waals surface area contributed by atoms with E-state index < -0.39 is 35.7 Å². The lowest BCUT2D eigenvalue weighted by molar-refractivity contribution is -0.181. The molecule has 0 aromatic rings. The maximum absolute atomic E-state index is 11.4. The molecule has 1 aliphatic heterocycles. The Hall–Kier alpha value is -2.16. The summed E-state index contributed by atoms with van der Waals surface area (Å²) in [4.78, 5) is 50.2. The molecule has 20 heavy (non-hydrogen) atoms. The Morgan fingerprint density at radius 3 is 2.15 bits per heavy atom. The smallest absolute Gasteiger partial charge is 0.431 e. The first-order chi connectivity index (χ1) is 9.11.